The Labute approximate surface area is 176 Å². The smallest absolute Gasteiger partial charge is 0.320 e. The number of benzene rings is 2. The van der Waals surface area contributed by atoms with Crippen LogP contribution in [0, 0.1) is 0 Å². The van der Waals surface area contributed by atoms with Crippen molar-refractivity contribution in [3.63, 3.8) is 0 Å². The van der Waals surface area contributed by atoms with E-state index in [9.17, 15) is 22.8 Å². The lowest BCUT2D eigenvalue weighted by Gasteiger charge is -2.17. The molecule has 31 heavy (non-hydrogen) atoms. The van der Waals surface area contributed by atoms with E-state index < -0.39 is 17.6 Å². The van der Waals surface area contributed by atoms with Crippen LogP contribution >= 0.6 is 0 Å². The molecule has 2 heterocycles. The van der Waals surface area contributed by atoms with Gasteiger partial charge in [-0.25, -0.2) is 4.68 Å². The van der Waals surface area contributed by atoms with Crippen molar-refractivity contribution in [2.24, 2.45) is 0 Å². The van der Waals surface area contributed by atoms with E-state index in [0.29, 0.717) is 30.6 Å². The quantitative estimate of drug-likeness (QED) is 0.668. The molecule has 1 N–H and O–H groups in total. The second-order valence-corrected chi connectivity index (χ2v) is 7.13. The highest BCUT2D eigenvalue weighted by Gasteiger charge is 2.31. The summed E-state index contributed by atoms with van der Waals surface area (Å²) in [6, 6.07) is 9.68. The minimum absolute atomic E-state index is 0.00350. The molecule has 3 aromatic rings. The second kappa shape index (κ2) is 7.90. The first-order valence-corrected chi connectivity index (χ1v) is 9.74. The zero-order valence-corrected chi connectivity index (χ0v) is 16.6. The Hall–Kier alpha value is -3.62. The van der Waals surface area contributed by atoms with Crippen LogP contribution in [0.15, 0.2) is 54.9 Å². The van der Waals surface area contributed by atoms with Crippen molar-refractivity contribution < 1.29 is 22.8 Å². The molecule has 0 aliphatic carbocycles. The van der Waals surface area contributed by atoms with Crippen LogP contribution in [0.1, 0.15) is 34.8 Å². The standard InChI is InChI=1S/C22H19F3N4O2/c1-2-20(30)28-11-8-14-12-15(4-6-18(14)28)21(31)27-17-13-16(22(23,24)25)5-7-19(17)29-10-3-9-26-29/h3-7,9-10,12-13H,2,8,11H2,1H3,(H,27,31). The number of carbonyl (C=O) groups excluding carboxylic acids is 2. The van der Waals surface area contributed by atoms with Crippen LogP contribution in [-0.4, -0.2) is 28.1 Å². The number of alkyl halides is 3. The maximum Gasteiger partial charge on any atom is 0.416 e. The van der Waals surface area contributed by atoms with Gasteiger partial charge in [-0.05, 0) is 54.4 Å². The van der Waals surface area contributed by atoms with E-state index in [1.807, 2.05) is 0 Å². The molecule has 160 valence electrons. The van der Waals surface area contributed by atoms with Gasteiger partial charge in [-0.3, -0.25) is 9.59 Å². The molecule has 2 amide bonds. The number of amides is 2. The van der Waals surface area contributed by atoms with Crippen molar-refractivity contribution in [2.45, 2.75) is 25.9 Å². The van der Waals surface area contributed by atoms with E-state index in [1.165, 1.54) is 16.9 Å². The summed E-state index contributed by atoms with van der Waals surface area (Å²) in [6.07, 6.45) is -0.483. The molecular weight excluding hydrogens is 409 g/mol. The van der Waals surface area contributed by atoms with Crippen molar-refractivity contribution in [1.29, 1.82) is 0 Å². The molecule has 1 aromatic heterocycles. The fourth-order valence-corrected chi connectivity index (χ4v) is 3.61. The third-order valence-corrected chi connectivity index (χ3v) is 5.16. The second-order valence-electron chi connectivity index (χ2n) is 7.13. The Morgan fingerprint density at radius 3 is 2.58 bits per heavy atom. The molecule has 0 atom stereocenters. The van der Waals surface area contributed by atoms with Gasteiger partial charge in [0.25, 0.3) is 5.91 Å². The molecule has 6 nitrogen and oxygen atoms in total. The maximum atomic E-state index is 13.2. The number of hydrogen-bond acceptors (Lipinski definition) is 3. The zero-order chi connectivity index (χ0) is 22.2. The Morgan fingerprint density at radius 2 is 1.90 bits per heavy atom. The molecule has 9 heteroatoms. The fourth-order valence-electron chi connectivity index (χ4n) is 3.61. The predicted octanol–water partition coefficient (Wildman–Crippen LogP) is 4.44. The lowest BCUT2D eigenvalue weighted by Crippen LogP contribution is -2.27. The molecule has 2 aromatic carbocycles. The summed E-state index contributed by atoms with van der Waals surface area (Å²) in [4.78, 5) is 26.6. The van der Waals surface area contributed by atoms with Gasteiger partial charge in [0.1, 0.15) is 0 Å². The van der Waals surface area contributed by atoms with Crippen molar-refractivity contribution >= 4 is 23.2 Å². The van der Waals surface area contributed by atoms with E-state index in [2.05, 4.69) is 10.4 Å². The van der Waals surface area contributed by atoms with Gasteiger partial charge in [0.15, 0.2) is 0 Å². The fraction of sp³-hybridized carbons (Fsp3) is 0.227. The predicted molar refractivity (Wildman–Crippen MR) is 109 cm³/mol. The number of hydrogen-bond donors (Lipinski definition) is 1. The normalized spacial score (nSPS) is 13.2. The molecule has 0 bridgehead atoms. The lowest BCUT2D eigenvalue weighted by atomic mass is 10.1. The van der Waals surface area contributed by atoms with Crippen molar-refractivity contribution in [2.75, 3.05) is 16.8 Å². The third-order valence-electron chi connectivity index (χ3n) is 5.16. The molecule has 4 rings (SSSR count). The number of nitrogens with zero attached hydrogens (tertiary/aromatic N) is 3. The summed E-state index contributed by atoms with van der Waals surface area (Å²) in [5.74, 6) is -0.542. The van der Waals surface area contributed by atoms with Crippen LogP contribution in [0.5, 0.6) is 0 Å². The molecular formula is C22H19F3N4O2. The summed E-state index contributed by atoms with van der Waals surface area (Å²) in [6.45, 7) is 2.33. The molecule has 0 saturated carbocycles. The molecule has 0 spiro atoms. The van der Waals surface area contributed by atoms with Gasteiger partial charge in [0.05, 0.1) is 16.9 Å². The zero-order valence-electron chi connectivity index (χ0n) is 16.6. The number of halogens is 3. The van der Waals surface area contributed by atoms with Crippen molar-refractivity contribution in [3.8, 4) is 5.69 Å². The van der Waals surface area contributed by atoms with Crippen LogP contribution in [0.2, 0.25) is 0 Å². The van der Waals surface area contributed by atoms with Crippen LogP contribution in [0.4, 0.5) is 24.5 Å². The Bertz CT molecular complexity index is 1140. The first kappa shape index (κ1) is 20.6. The number of rotatable bonds is 4. The molecule has 0 unspecified atom stereocenters. The van der Waals surface area contributed by atoms with E-state index in [4.69, 9.17) is 0 Å². The van der Waals surface area contributed by atoms with E-state index in [-0.39, 0.29) is 11.6 Å². The Morgan fingerprint density at radius 1 is 1.13 bits per heavy atom. The van der Waals surface area contributed by atoms with Gasteiger partial charge in [-0.2, -0.15) is 18.3 Å². The number of carbonyl (C=O) groups is 2. The minimum atomic E-state index is -4.55. The maximum absolute atomic E-state index is 13.2. The number of nitrogens with one attached hydrogen (secondary N) is 1. The highest BCUT2D eigenvalue weighted by molar-refractivity contribution is 6.06. The van der Waals surface area contributed by atoms with Crippen molar-refractivity contribution in [1.82, 2.24) is 9.78 Å². The number of aromatic nitrogens is 2. The summed E-state index contributed by atoms with van der Waals surface area (Å²) < 4.78 is 41.0. The Balaban J connectivity index is 1.65. The molecule has 0 fully saturated rings. The summed E-state index contributed by atoms with van der Waals surface area (Å²) in [5.41, 5.74) is 1.35. The van der Waals surface area contributed by atoms with Crippen LogP contribution < -0.4 is 10.2 Å². The summed E-state index contributed by atoms with van der Waals surface area (Å²) >= 11 is 0. The first-order chi connectivity index (χ1) is 14.8. The third kappa shape index (κ3) is 4.03. The van der Waals surface area contributed by atoms with Crippen LogP contribution in [0.25, 0.3) is 5.69 Å². The molecule has 0 saturated heterocycles. The minimum Gasteiger partial charge on any atom is -0.320 e. The highest BCUT2D eigenvalue weighted by Crippen LogP contribution is 2.34. The van der Waals surface area contributed by atoms with Gasteiger partial charge in [-0.15, -0.1) is 0 Å². The van der Waals surface area contributed by atoms with Gasteiger partial charge in [-0.1, -0.05) is 6.92 Å². The topological polar surface area (TPSA) is 67.2 Å². The largest absolute Gasteiger partial charge is 0.416 e. The molecule has 0 radical (unpaired) electrons. The van der Waals surface area contributed by atoms with E-state index in [0.717, 1.165) is 23.4 Å². The summed E-state index contributed by atoms with van der Waals surface area (Å²) in [5, 5.41) is 6.63. The van der Waals surface area contributed by atoms with Crippen LogP contribution in [-0.2, 0) is 17.4 Å². The first-order valence-electron chi connectivity index (χ1n) is 9.74. The van der Waals surface area contributed by atoms with E-state index >= 15 is 0 Å². The average molecular weight is 428 g/mol. The SMILES string of the molecule is CCC(=O)N1CCc2cc(C(=O)Nc3cc(C(F)(F)F)ccc3-n3cccn3)ccc21. The Kier molecular flexibility index (Phi) is 5.26. The summed E-state index contributed by atoms with van der Waals surface area (Å²) in [7, 11) is 0. The monoisotopic (exact) mass is 428 g/mol. The van der Waals surface area contributed by atoms with E-state index in [1.54, 1.807) is 42.3 Å². The van der Waals surface area contributed by atoms with Gasteiger partial charge < -0.3 is 10.2 Å². The van der Waals surface area contributed by atoms with Crippen LogP contribution in [0.3, 0.4) is 0 Å². The number of anilines is 2. The molecule has 1 aliphatic heterocycles. The van der Waals surface area contributed by atoms with Gasteiger partial charge in [0, 0.05) is 36.6 Å². The number of fused-ring (bicyclic) bond motifs is 1. The van der Waals surface area contributed by atoms with Gasteiger partial charge in [0.2, 0.25) is 5.91 Å². The lowest BCUT2D eigenvalue weighted by molar-refractivity contribution is -0.137. The highest BCUT2D eigenvalue weighted by atomic mass is 19.4. The molecule has 1 aliphatic rings. The average Bonchev–Trinajstić information content (AvgIpc) is 3.42. The van der Waals surface area contributed by atoms with Gasteiger partial charge >= 0.3 is 6.18 Å². The van der Waals surface area contributed by atoms with Crippen molar-refractivity contribution in [3.05, 3.63) is 71.5 Å².